The third-order valence-electron chi connectivity index (χ3n) is 7.59. The third-order valence-corrected chi connectivity index (χ3v) is 7.59. The molecule has 1 aromatic heterocycles. The molecule has 7 aromatic rings. The van der Waals surface area contributed by atoms with Crippen LogP contribution in [0.5, 0.6) is 0 Å². The maximum absolute atomic E-state index is 10.1. The Morgan fingerprint density at radius 2 is 0.927 bits per heavy atom. The quantitative estimate of drug-likeness (QED) is 0.232. The molecule has 0 aliphatic rings. The first-order valence-corrected chi connectivity index (χ1v) is 13.5. The molecule has 0 amide bonds. The maximum Gasteiger partial charge on any atom is 0.0992 e. The van der Waals surface area contributed by atoms with Gasteiger partial charge in [-0.1, -0.05) is 78.9 Å². The molecule has 0 radical (unpaired) electrons. The molecule has 0 bridgehead atoms. The Morgan fingerprint density at radius 3 is 1.56 bits per heavy atom. The van der Waals surface area contributed by atoms with Gasteiger partial charge in [0.25, 0.3) is 0 Å². The lowest BCUT2D eigenvalue weighted by Crippen LogP contribution is -1.96. The summed E-state index contributed by atoms with van der Waals surface area (Å²) in [5.41, 5.74) is 10.7. The topological polar surface area (TPSA) is 52.5 Å². The molecule has 0 fully saturated rings. The molecule has 0 spiro atoms. The van der Waals surface area contributed by atoms with E-state index in [0.717, 1.165) is 60.9 Å². The van der Waals surface area contributed by atoms with E-state index >= 15 is 0 Å². The lowest BCUT2D eigenvalue weighted by Gasteiger charge is -2.14. The van der Waals surface area contributed by atoms with Crippen molar-refractivity contribution < 1.29 is 0 Å². The summed E-state index contributed by atoms with van der Waals surface area (Å²) in [6, 6.07) is 52.1. The van der Waals surface area contributed by atoms with Crippen LogP contribution in [0, 0.1) is 22.7 Å². The largest absolute Gasteiger partial charge is 0.309 e. The van der Waals surface area contributed by atoms with Gasteiger partial charge >= 0.3 is 0 Å². The normalized spacial score (nSPS) is 10.9. The molecule has 6 aromatic carbocycles. The van der Waals surface area contributed by atoms with Crippen LogP contribution in [-0.2, 0) is 0 Å². The molecular weight excluding hydrogens is 498 g/mol. The zero-order valence-electron chi connectivity index (χ0n) is 22.1. The Balaban J connectivity index is 1.49. The summed E-state index contributed by atoms with van der Waals surface area (Å²) < 4.78 is 2.19. The lowest BCUT2D eigenvalue weighted by atomic mass is 9.92. The fourth-order valence-electron chi connectivity index (χ4n) is 5.68. The Labute approximate surface area is 238 Å². The van der Waals surface area contributed by atoms with E-state index in [1.165, 1.54) is 0 Å². The molecule has 7 rings (SSSR count). The molecular formula is C38H23N3. The van der Waals surface area contributed by atoms with Crippen molar-refractivity contribution in [3.05, 3.63) is 151 Å². The lowest BCUT2D eigenvalue weighted by molar-refractivity contribution is 1.18. The SMILES string of the molecule is N#Cc1cc(-c2cc(-c3ccccc3)cc(-c3ccccc3)c2)cc(-n2c3ccccc3c3cc(C#N)ccc32)c1. The number of nitriles is 2. The van der Waals surface area contributed by atoms with Gasteiger partial charge in [-0.3, -0.25) is 0 Å². The molecule has 0 atom stereocenters. The van der Waals surface area contributed by atoms with E-state index in [9.17, 15) is 10.5 Å². The number of rotatable bonds is 4. The van der Waals surface area contributed by atoms with Crippen LogP contribution < -0.4 is 0 Å². The summed E-state index contributed by atoms with van der Waals surface area (Å²) >= 11 is 0. The Hall–Kier alpha value is -5.90. The van der Waals surface area contributed by atoms with Crippen LogP contribution in [0.25, 0.3) is 60.9 Å². The van der Waals surface area contributed by atoms with Gasteiger partial charge in [0, 0.05) is 16.5 Å². The summed E-state index contributed by atoms with van der Waals surface area (Å²) in [5, 5.41) is 21.7. The minimum Gasteiger partial charge on any atom is -0.309 e. The van der Waals surface area contributed by atoms with Gasteiger partial charge in [0.15, 0.2) is 0 Å². The average molecular weight is 522 g/mol. The van der Waals surface area contributed by atoms with Crippen LogP contribution in [0.15, 0.2) is 140 Å². The van der Waals surface area contributed by atoms with Crippen LogP contribution >= 0.6 is 0 Å². The van der Waals surface area contributed by atoms with E-state index in [1.54, 1.807) is 0 Å². The smallest absolute Gasteiger partial charge is 0.0992 e. The van der Waals surface area contributed by atoms with E-state index in [1.807, 2.05) is 54.6 Å². The molecule has 0 unspecified atom stereocenters. The summed E-state index contributed by atoms with van der Waals surface area (Å²) in [4.78, 5) is 0. The van der Waals surface area contributed by atoms with E-state index in [4.69, 9.17) is 0 Å². The Kier molecular flexibility index (Phi) is 5.90. The molecule has 3 nitrogen and oxygen atoms in total. The molecule has 190 valence electrons. The fraction of sp³-hybridized carbons (Fsp3) is 0. The minimum absolute atomic E-state index is 0.587. The Morgan fingerprint density at radius 1 is 0.390 bits per heavy atom. The van der Waals surface area contributed by atoms with E-state index in [0.29, 0.717) is 11.1 Å². The number of fused-ring (bicyclic) bond motifs is 3. The first kappa shape index (κ1) is 24.2. The monoisotopic (exact) mass is 521 g/mol. The van der Waals surface area contributed by atoms with Crippen molar-refractivity contribution in [1.29, 1.82) is 10.5 Å². The third kappa shape index (κ3) is 4.33. The predicted octanol–water partition coefficient (Wildman–Crippen LogP) is 9.53. The summed E-state index contributed by atoms with van der Waals surface area (Å²) in [6.45, 7) is 0. The van der Waals surface area contributed by atoms with Gasteiger partial charge in [-0.25, -0.2) is 0 Å². The van der Waals surface area contributed by atoms with Gasteiger partial charge < -0.3 is 4.57 Å². The molecule has 0 N–H and O–H groups in total. The molecule has 0 aliphatic carbocycles. The standard InChI is InChI=1S/C38H23N3/c39-24-26-15-16-38-36(19-26)35-13-7-8-14-37(35)41(38)34-18-27(25-40)17-30(23-34)33-21-31(28-9-3-1-4-10-28)20-32(22-33)29-11-5-2-6-12-29/h1-23H. The highest BCUT2D eigenvalue weighted by atomic mass is 15.0. The summed E-state index contributed by atoms with van der Waals surface area (Å²) in [6.07, 6.45) is 0. The van der Waals surface area contributed by atoms with Crippen molar-refractivity contribution in [2.45, 2.75) is 0 Å². The van der Waals surface area contributed by atoms with Crippen LogP contribution in [0.3, 0.4) is 0 Å². The van der Waals surface area contributed by atoms with Gasteiger partial charge in [-0.2, -0.15) is 10.5 Å². The van der Waals surface area contributed by atoms with Crippen molar-refractivity contribution in [3.63, 3.8) is 0 Å². The van der Waals surface area contributed by atoms with Crippen LogP contribution in [0.1, 0.15) is 11.1 Å². The predicted molar refractivity (Wildman–Crippen MR) is 167 cm³/mol. The van der Waals surface area contributed by atoms with Gasteiger partial charge in [-0.05, 0) is 94.0 Å². The number of aromatic nitrogens is 1. The van der Waals surface area contributed by atoms with Gasteiger partial charge in [0.2, 0.25) is 0 Å². The number of benzene rings is 6. The first-order valence-electron chi connectivity index (χ1n) is 13.5. The van der Waals surface area contributed by atoms with Gasteiger partial charge in [0.05, 0.1) is 34.3 Å². The summed E-state index contributed by atoms with van der Waals surface area (Å²) in [7, 11) is 0. The molecule has 0 aliphatic heterocycles. The summed E-state index contributed by atoms with van der Waals surface area (Å²) in [5.74, 6) is 0. The van der Waals surface area contributed by atoms with E-state index in [2.05, 4.69) is 102 Å². The van der Waals surface area contributed by atoms with Gasteiger partial charge in [0.1, 0.15) is 0 Å². The van der Waals surface area contributed by atoms with Crippen molar-refractivity contribution in [1.82, 2.24) is 4.57 Å². The fourth-order valence-corrected chi connectivity index (χ4v) is 5.68. The molecule has 3 heteroatoms. The van der Waals surface area contributed by atoms with E-state index < -0.39 is 0 Å². The molecule has 41 heavy (non-hydrogen) atoms. The zero-order chi connectivity index (χ0) is 27.8. The van der Waals surface area contributed by atoms with Crippen molar-refractivity contribution in [2.75, 3.05) is 0 Å². The maximum atomic E-state index is 10.1. The molecule has 0 saturated heterocycles. The second-order valence-corrected chi connectivity index (χ2v) is 10.1. The van der Waals surface area contributed by atoms with E-state index in [-0.39, 0.29) is 0 Å². The zero-order valence-corrected chi connectivity index (χ0v) is 22.1. The van der Waals surface area contributed by atoms with Crippen LogP contribution in [0.2, 0.25) is 0 Å². The van der Waals surface area contributed by atoms with Gasteiger partial charge in [-0.15, -0.1) is 0 Å². The highest BCUT2D eigenvalue weighted by Crippen LogP contribution is 2.37. The Bertz CT molecular complexity index is 2100. The van der Waals surface area contributed by atoms with Crippen LogP contribution in [0.4, 0.5) is 0 Å². The first-order chi connectivity index (χ1) is 20.2. The minimum atomic E-state index is 0.587. The number of para-hydroxylation sites is 1. The molecule has 0 saturated carbocycles. The average Bonchev–Trinajstić information content (AvgIpc) is 3.38. The van der Waals surface area contributed by atoms with Crippen molar-refractivity contribution in [3.8, 4) is 51.2 Å². The highest BCUT2D eigenvalue weighted by Gasteiger charge is 2.15. The second kappa shape index (κ2) is 10.0. The number of hydrogen-bond acceptors (Lipinski definition) is 2. The van der Waals surface area contributed by atoms with Crippen molar-refractivity contribution >= 4 is 21.8 Å². The number of nitrogens with zero attached hydrogens (tertiary/aromatic N) is 3. The second-order valence-electron chi connectivity index (χ2n) is 10.1. The van der Waals surface area contributed by atoms with Crippen LogP contribution in [-0.4, -0.2) is 4.57 Å². The number of hydrogen-bond donors (Lipinski definition) is 0. The molecule has 1 heterocycles. The van der Waals surface area contributed by atoms with Crippen molar-refractivity contribution in [2.24, 2.45) is 0 Å². The highest BCUT2D eigenvalue weighted by molar-refractivity contribution is 6.09.